The van der Waals surface area contributed by atoms with Crippen molar-refractivity contribution in [2.24, 2.45) is 5.92 Å². The fourth-order valence-electron chi connectivity index (χ4n) is 1.76. The van der Waals surface area contributed by atoms with Crippen LogP contribution >= 0.6 is 12.6 Å². The van der Waals surface area contributed by atoms with Crippen molar-refractivity contribution < 1.29 is 4.74 Å². The summed E-state index contributed by atoms with van der Waals surface area (Å²) < 4.78 is 5.50. The van der Waals surface area contributed by atoms with Crippen molar-refractivity contribution in [3.63, 3.8) is 0 Å². The Hall–Kier alpha value is 0.310. The molecule has 0 N–H and O–H groups in total. The summed E-state index contributed by atoms with van der Waals surface area (Å²) in [6, 6.07) is 0. The molecule has 0 spiro atoms. The summed E-state index contributed by atoms with van der Waals surface area (Å²) in [4.78, 5) is 0. The van der Waals surface area contributed by atoms with Crippen LogP contribution in [0.5, 0.6) is 0 Å². The highest BCUT2D eigenvalue weighted by Crippen LogP contribution is 2.40. The number of fused-ring (bicyclic) bond motifs is 1. The maximum atomic E-state index is 5.50. The van der Waals surface area contributed by atoms with Gasteiger partial charge in [-0.15, -0.1) is 0 Å². The molecule has 2 aliphatic rings. The summed E-state index contributed by atoms with van der Waals surface area (Å²) in [6.45, 7) is 0.988. The smallest absolute Gasteiger partial charge is 0.0624 e. The summed E-state index contributed by atoms with van der Waals surface area (Å²) in [5.41, 5.74) is 0. The first-order chi connectivity index (χ1) is 4.38. The van der Waals surface area contributed by atoms with Crippen molar-refractivity contribution in [2.45, 2.75) is 30.6 Å². The van der Waals surface area contributed by atoms with Crippen LogP contribution in [0.3, 0.4) is 0 Å². The van der Waals surface area contributed by atoms with Crippen LogP contribution in [-0.4, -0.2) is 18.0 Å². The van der Waals surface area contributed by atoms with Gasteiger partial charge in [-0.05, 0) is 25.2 Å². The van der Waals surface area contributed by atoms with Crippen molar-refractivity contribution in [3.05, 3.63) is 0 Å². The van der Waals surface area contributed by atoms with Crippen LogP contribution in [0.25, 0.3) is 0 Å². The fraction of sp³-hybridized carbons (Fsp3) is 1.00. The molecular formula is C7H12OS. The lowest BCUT2D eigenvalue weighted by Crippen LogP contribution is -2.47. The highest BCUT2D eigenvalue weighted by Gasteiger charge is 2.40. The van der Waals surface area contributed by atoms with Gasteiger partial charge in [-0.2, -0.15) is 12.6 Å². The molecule has 1 heterocycles. The zero-order chi connectivity index (χ0) is 6.27. The Morgan fingerprint density at radius 1 is 1.44 bits per heavy atom. The van der Waals surface area contributed by atoms with Crippen LogP contribution in [-0.2, 0) is 4.74 Å². The molecule has 0 aromatic rings. The molecule has 0 aromatic heterocycles. The number of ether oxygens (including phenoxy) is 1. The van der Waals surface area contributed by atoms with Gasteiger partial charge in [-0.1, -0.05) is 0 Å². The van der Waals surface area contributed by atoms with Crippen molar-refractivity contribution in [1.82, 2.24) is 0 Å². The minimum absolute atomic E-state index is 0.584. The molecule has 52 valence electrons. The van der Waals surface area contributed by atoms with Gasteiger partial charge in [0.2, 0.25) is 0 Å². The van der Waals surface area contributed by atoms with E-state index in [-0.39, 0.29) is 0 Å². The second-order valence-electron chi connectivity index (χ2n) is 3.02. The van der Waals surface area contributed by atoms with Crippen LogP contribution in [0.1, 0.15) is 19.3 Å². The normalized spacial score (nSPS) is 49.7. The van der Waals surface area contributed by atoms with Crippen molar-refractivity contribution in [2.75, 3.05) is 6.61 Å². The molecule has 0 bridgehead atoms. The quantitative estimate of drug-likeness (QED) is 0.507. The van der Waals surface area contributed by atoms with E-state index in [1.807, 2.05) is 0 Å². The molecule has 2 rings (SSSR count). The van der Waals surface area contributed by atoms with Gasteiger partial charge in [0.15, 0.2) is 0 Å². The van der Waals surface area contributed by atoms with Gasteiger partial charge in [0.05, 0.1) is 6.10 Å². The molecule has 1 aliphatic heterocycles. The second-order valence-corrected chi connectivity index (χ2v) is 3.68. The Kier molecular flexibility index (Phi) is 1.46. The molecule has 3 atom stereocenters. The Morgan fingerprint density at radius 2 is 2.33 bits per heavy atom. The summed E-state index contributed by atoms with van der Waals surface area (Å²) >= 11 is 4.43. The molecular weight excluding hydrogens is 132 g/mol. The van der Waals surface area contributed by atoms with Crippen molar-refractivity contribution in [1.29, 1.82) is 0 Å². The van der Waals surface area contributed by atoms with E-state index in [1.54, 1.807) is 0 Å². The third kappa shape index (κ3) is 0.887. The molecule has 0 radical (unpaired) electrons. The van der Waals surface area contributed by atoms with Crippen LogP contribution in [0.2, 0.25) is 0 Å². The van der Waals surface area contributed by atoms with Crippen molar-refractivity contribution >= 4 is 12.6 Å². The lowest BCUT2D eigenvalue weighted by Gasteiger charge is -2.45. The maximum absolute atomic E-state index is 5.50. The van der Waals surface area contributed by atoms with Gasteiger partial charge in [-0.3, -0.25) is 0 Å². The van der Waals surface area contributed by atoms with E-state index < -0.39 is 0 Å². The number of rotatable bonds is 0. The monoisotopic (exact) mass is 144 g/mol. The van der Waals surface area contributed by atoms with E-state index in [2.05, 4.69) is 12.6 Å². The second kappa shape index (κ2) is 2.17. The van der Waals surface area contributed by atoms with Crippen LogP contribution in [0, 0.1) is 5.92 Å². The van der Waals surface area contributed by atoms with Gasteiger partial charge in [0.25, 0.3) is 0 Å². The molecule has 1 saturated carbocycles. The number of thiol groups is 1. The molecule has 0 amide bonds. The van der Waals surface area contributed by atoms with E-state index in [0.29, 0.717) is 11.4 Å². The highest BCUT2D eigenvalue weighted by molar-refractivity contribution is 7.81. The fourth-order valence-corrected chi connectivity index (χ4v) is 2.31. The molecule has 1 aliphatic carbocycles. The SMILES string of the molecule is SC1C[C@@H]2OCCC[C@H]12. The Bertz CT molecular complexity index is 113. The minimum atomic E-state index is 0.584. The molecule has 2 fully saturated rings. The number of hydrogen-bond donors (Lipinski definition) is 1. The lowest BCUT2D eigenvalue weighted by atomic mass is 9.77. The largest absolute Gasteiger partial charge is 0.378 e. The number of hydrogen-bond acceptors (Lipinski definition) is 2. The van der Waals surface area contributed by atoms with E-state index in [0.717, 1.165) is 12.5 Å². The van der Waals surface area contributed by atoms with Crippen LogP contribution in [0.15, 0.2) is 0 Å². The van der Waals surface area contributed by atoms with Gasteiger partial charge in [-0.25, -0.2) is 0 Å². The van der Waals surface area contributed by atoms with Gasteiger partial charge in [0.1, 0.15) is 0 Å². The molecule has 1 unspecified atom stereocenters. The van der Waals surface area contributed by atoms with E-state index in [1.165, 1.54) is 19.3 Å². The van der Waals surface area contributed by atoms with E-state index in [4.69, 9.17) is 4.74 Å². The topological polar surface area (TPSA) is 9.23 Å². The predicted octanol–water partition coefficient (Wildman–Crippen LogP) is 1.48. The van der Waals surface area contributed by atoms with Gasteiger partial charge in [0, 0.05) is 11.9 Å². The zero-order valence-electron chi connectivity index (χ0n) is 5.42. The first kappa shape index (κ1) is 6.05. The standard InChI is InChI=1S/C7H12OS/c9-7-4-6-5(7)2-1-3-8-6/h5-7,9H,1-4H2/t5-,6-,7?/m0/s1. The Morgan fingerprint density at radius 3 is 2.89 bits per heavy atom. The third-order valence-corrected chi connectivity index (χ3v) is 3.05. The van der Waals surface area contributed by atoms with Crippen molar-refractivity contribution in [3.8, 4) is 0 Å². The molecule has 9 heavy (non-hydrogen) atoms. The average molecular weight is 144 g/mol. The summed E-state index contributed by atoms with van der Waals surface area (Å²) in [6.07, 6.45) is 4.37. The molecule has 1 nitrogen and oxygen atoms in total. The first-order valence-electron chi connectivity index (χ1n) is 3.67. The average Bonchev–Trinajstić information content (AvgIpc) is 1.86. The van der Waals surface area contributed by atoms with Gasteiger partial charge < -0.3 is 4.74 Å². The zero-order valence-corrected chi connectivity index (χ0v) is 6.31. The van der Waals surface area contributed by atoms with Gasteiger partial charge >= 0.3 is 0 Å². The highest BCUT2D eigenvalue weighted by atomic mass is 32.1. The third-order valence-electron chi connectivity index (χ3n) is 2.46. The van der Waals surface area contributed by atoms with Crippen LogP contribution < -0.4 is 0 Å². The minimum Gasteiger partial charge on any atom is -0.378 e. The summed E-state index contributed by atoms with van der Waals surface area (Å²) in [7, 11) is 0. The lowest BCUT2D eigenvalue weighted by molar-refractivity contribution is -0.0768. The Labute approximate surface area is 61.2 Å². The summed E-state index contributed by atoms with van der Waals surface area (Å²) in [5.74, 6) is 0.794. The predicted molar refractivity (Wildman–Crippen MR) is 39.9 cm³/mol. The van der Waals surface area contributed by atoms with E-state index in [9.17, 15) is 0 Å². The molecule has 2 heteroatoms. The summed E-state index contributed by atoms with van der Waals surface area (Å²) in [5, 5.41) is 0.648. The van der Waals surface area contributed by atoms with Crippen LogP contribution in [0.4, 0.5) is 0 Å². The molecule has 0 aromatic carbocycles. The first-order valence-corrected chi connectivity index (χ1v) is 4.19. The Balaban J connectivity index is 1.94. The maximum Gasteiger partial charge on any atom is 0.0624 e. The molecule has 1 saturated heterocycles. The van der Waals surface area contributed by atoms with E-state index >= 15 is 0 Å².